The van der Waals surface area contributed by atoms with Gasteiger partial charge in [0, 0.05) is 25.3 Å². The summed E-state index contributed by atoms with van der Waals surface area (Å²) in [4.78, 5) is 32.6. The predicted octanol–water partition coefficient (Wildman–Crippen LogP) is 5.76. The van der Waals surface area contributed by atoms with Crippen LogP contribution >= 0.6 is 11.8 Å². The lowest BCUT2D eigenvalue weighted by atomic mass is 9.99. The van der Waals surface area contributed by atoms with Gasteiger partial charge in [0.25, 0.3) is 5.56 Å². The molecular formula is C29H28FN3O2S. The predicted molar refractivity (Wildman–Crippen MR) is 142 cm³/mol. The Morgan fingerprint density at radius 1 is 0.917 bits per heavy atom. The number of para-hydroxylation sites is 1. The lowest BCUT2D eigenvalue weighted by molar-refractivity contribution is -0.132. The maximum atomic E-state index is 13.5. The van der Waals surface area contributed by atoms with Crippen molar-refractivity contribution in [3.63, 3.8) is 0 Å². The number of rotatable bonds is 8. The molecule has 0 saturated carbocycles. The van der Waals surface area contributed by atoms with Crippen LogP contribution in [0.4, 0.5) is 4.39 Å². The van der Waals surface area contributed by atoms with Gasteiger partial charge in [-0.05, 0) is 66.8 Å². The van der Waals surface area contributed by atoms with Crippen molar-refractivity contribution in [2.24, 2.45) is 0 Å². The highest BCUT2D eigenvalue weighted by molar-refractivity contribution is 7.99. The van der Waals surface area contributed by atoms with Crippen molar-refractivity contribution >= 4 is 28.6 Å². The first-order valence-corrected chi connectivity index (χ1v) is 13.3. The number of hydrogen-bond acceptors (Lipinski definition) is 4. The Morgan fingerprint density at radius 3 is 2.50 bits per heavy atom. The van der Waals surface area contributed by atoms with Crippen LogP contribution < -0.4 is 5.56 Å². The number of nitrogens with zero attached hydrogens (tertiary/aromatic N) is 3. The Morgan fingerprint density at radius 2 is 1.67 bits per heavy atom. The number of carbonyl (C=O) groups excluding carboxylic acids is 1. The molecule has 184 valence electrons. The molecule has 2 heterocycles. The Bertz CT molecular complexity index is 1430. The van der Waals surface area contributed by atoms with Crippen LogP contribution in [0.3, 0.4) is 0 Å². The first kappa shape index (κ1) is 24.3. The lowest BCUT2D eigenvalue weighted by Gasteiger charge is -2.29. The van der Waals surface area contributed by atoms with Gasteiger partial charge < -0.3 is 4.90 Å². The molecule has 1 aliphatic heterocycles. The number of carbonyl (C=O) groups is 1. The van der Waals surface area contributed by atoms with Crippen molar-refractivity contribution in [2.45, 2.75) is 43.8 Å². The van der Waals surface area contributed by atoms with Crippen LogP contribution in [-0.2, 0) is 17.8 Å². The fraction of sp³-hybridized carbons (Fsp3) is 0.276. The van der Waals surface area contributed by atoms with E-state index in [0.29, 0.717) is 34.7 Å². The summed E-state index contributed by atoms with van der Waals surface area (Å²) in [5.41, 5.74) is 3.68. The van der Waals surface area contributed by atoms with E-state index in [0.717, 1.165) is 38.0 Å². The normalized spacial score (nSPS) is 13.1. The second kappa shape index (κ2) is 11.1. The third-order valence-corrected chi connectivity index (χ3v) is 7.60. The second-order valence-electron chi connectivity index (χ2n) is 9.02. The molecule has 1 aromatic heterocycles. The van der Waals surface area contributed by atoms with Crippen molar-refractivity contribution in [3.8, 4) is 5.69 Å². The van der Waals surface area contributed by atoms with Crippen molar-refractivity contribution in [1.82, 2.24) is 14.5 Å². The van der Waals surface area contributed by atoms with E-state index in [1.807, 2.05) is 29.2 Å². The molecule has 0 radical (unpaired) electrons. The number of halogens is 1. The van der Waals surface area contributed by atoms with E-state index in [1.54, 1.807) is 22.8 Å². The first-order chi connectivity index (χ1) is 17.6. The van der Waals surface area contributed by atoms with Crippen LogP contribution in [0, 0.1) is 5.82 Å². The summed E-state index contributed by atoms with van der Waals surface area (Å²) >= 11 is 1.52. The highest BCUT2D eigenvalue weighted by Gasteiger charge is 2.20. The summed E-state index contributed by atoms with van der Waals surface area (Å²) in [6.07, 6.45) is 4.16. The third kappa shape index (κ3) is 5.36. The molecule has 36 heavy (non-hydrogen) atoms. The largest absolute Gasteiger partial charge is 0.338 e. The van der Waals surface area contributed by atoms with Crippen LogP contribution in [-0.4, -0.2) is 32.7 Å². The van der Waals surface area contributed by atoms with E-state index in [1.165, 1.54) is 35.0 Å². The van der Waals surface area contributed by atoms with Gasteiger partial charge in [0.15, 0.2) is 5.16 Å². The average Bonchev–Trinajstić information content (AvgIpc) is 2.91. The lowest BCUT2D eigenvalue weighted by Crippen LogP contribution is -2.35. The minimum absolute atomic E-state index is 0.164. The Labute approximate surface area is 214 Å². The van der Waals surface area contributed by atoms with Crippen molar-refractivity contribution < 1.29 is 9.18 Å². The molecule has 7 heteroatoms. The van der Waals surface area contributed by atoms with Gasteiger partial charge in [-0.1, -0.05) is 54.6 Å². The number of benzene rings is 3. The Hall–Kier alpha value is -3.45. The summed E-state index contributed by atoms with van der Waals surface area (Å²) in [5, 5.41) is 1.12. The molecule has 0 fully saturated rings. The molecular weight excluding hydrogens is 473 g/mol. The van der Waals surface area contributed by atoms with Crippen LogP contribution in [0.5, 0.6) is 0 Å². The molecule has 1 amide bonds. The topological polar surface area (TPSA) is 55.2 Å². The molecule has 0 spiro atoms. The van der Waals surface area contributed by atoms with Crippen LogP contribution in [0.25, 0.3) is 16.6 Å². The van der Waals surface area contributed by atoms with E-state index in [2.05, 4.69) is 18.2 Å². The van der Waals surface area contributed by atoms with Gasteiger partial charge in [0.2, 0.25) is 5.91 Å². The maximum Gasteiger partial charge on any atom is 0.266 e. The summed E-state index contributed by atoms with van der Waals surface area (Å²) in [5.74, 6) is 0.647. The first-order valence-electron chi connectivity index (χ1n) is 12.4. The number of fused-ring (bicyclic) bond motifs is 2. The summed E-state index contributed by atoms with van der Waals surface area (Å²) in [6, 6.07) is 21.5. The van der Waals surface area contributed by atoms with Crippen LogP contribution in [0.15, 0.2) is 82.7 Å². The van der Waals surface area contributed by atoms with Crippen molar-refractivity contribution in [3.05, 3.63) is 100 Å². The van der Waals surface area contributed by atoms with E-state index in [9.17, 15) is 14.0 Å². The van der Waals surface area contributed by atoms with E-state index in [-0.39, 0.29) is 17.3 Å². The summed E-state index contributed by atoms with van der Waals surface area (Å²) in [6.45, 7) is 1.50. The molecule has 0 N–H and O–H groups in total. The standard InChI is InChI=1S/C29H28FN3O2S/c30-23-13-15-24(16-14-23)33-28(35)25-10-5-6-11-26(25)31-29(33)36-19-7-1-2-12-27(34)32-18-17-21-8-3-4-9-22(21)20-32/h3-6,8-11,13-16H,1-2,7,12,17-20H2. The Balaban J connectivity index is 1.18. The highest BCUT2D eigenvalue weighted by Crippen LogP contribution is 2.24. The number of thioether (sulfide) groups is 1. The molecule has 3 aromatic carbocycles. The number of unbranched alkanes of at least 4 members (excludes halogenated alkanes) is 2. The minimum Gasteiger partial charge on any atom is -0.338 e. The SMILES string of the molecule is O=C(CCCCCSc1nc2ccccc2c(=O)n1-c1ccc(F)cc1)N1CCc2ccccc2C1. The Kier molecular flexibility index (Phi) is 7.47. The van der Waals surface area contributed by atoms with Crippen molar-refractivity contribution in [2.75, 3.05) is 12.3 Å². The van der Waals surface area contributed by atoms with E-state index < -0.39 is 0 Å². The van der Waals surface area contributed by atoms with E-state index in [4.69, 9.17) is 4.98 Å². The average molecular weight is 502 g/mol. The number of amides is 1. The monoisotopic (exact) mass is 501 g/mol. The van der Waals surface area contributed by atoms with Gasteiger partial charge in [-0.3, -0.25) is 14.2 Å². The summed E-state index contributed by atoms with van der Waals surface area (Å²) < 4.78 is 15.0. The van der Waals surface area contributed by atoms with Gasteiger partial charge in [-0.2, -0.15) is 0 Å². The highest BCUT2D eigenvalue weighted by atomic mass is 32.2. The fourth-order valence-corrected chi connectivity index (χ4v) is 5.62. The van der Waals surface area contributed by atoms with Gasteiger partial charge in [-0.15, -0.1) is 0 Å². The van der Waals surface area contributed by atoms with Gasteiger partial charge in [0.1, 0.15) is 5.82 Å². The second-order valence-corrected chi connectivity index (χ2v) is 10.1. The van der Waals surface area contributed by atoms with Crippen LogP contribution in [0.1, 0.15) is 36.8 Å². The zero-order chi connectivity index (χ0) is 24.9. The fourth-order valence-electron chi connectivity index (χ4n) is 4.61. The molecule has 4 aromatic rings. The number of hydrogen-bond donors (Lipinski definition) is 0. The van der Waals surface area contributed by atoms with Gasteiger partial charge in [-0.25, -0.2) is 9.37 Å². The van der Waals surface area contributed by atoms with Gasteiger partial charge >= 0.3 is 0 Å². The summed E-state index contributed by atoms with van der Waals surface area (Å²) in [7, 11) is 0. The molecule has 0 bridgehead atoms. The quantitative estimate of drug-likeness (QED) is 0.175. The maximum absolute atomic E-state index is 13.5. The molecule has 0 atom stereocenters. The minimum atomic E-state index is -0.349. The zero-order valence-corrected chi connectivity index (χ0v) is 20.8. The third-order valence-electron chi connectivity index (χ3n) is 6.58. The van der Waals surface area contributed by atoms with Crippen molar-refractivity contribution in [1.29, 1.82) is 0 Å². The van der Waals surface area contributed by atoms with Gasteiger partial charge in [0.05, 0.1) is 16.6 Å². The number of aromatic nitrogens is 2. The zero-order valence-electron chi connectivity index (χ0n) is 20.0. The van der Waals surface area contributed by atoms with Crippen LogP contribution in [0.2, 0.25) is 0 Å². The smallest absolute Gasteiger partial charge is 0.266 e. The molecule has 0 unspecified atom stereocenters. The van der Waals surface area contributed by atoms with E-state index >= 15 is 0 Å². The molecule has 5 nitrogen and oxygen atoms in total. The molecule has 1 aliphatic rings. The molecule has 0 saturated heterocycles. The molecule has 0 aliphatic carbocycles. The molecule has 5 rings (SSSR count).